The number of hydrogen-bond acceptors (Lipinski definition) is 4. The molecular weight excluding hydrogens is 348 g/mol. The second-order valence-electron chi connectivity index (χ2n) is 4.05. The van der Waals surface area contributed by atoms with Crippen LogP contribution in [0, 0.1) is 0 Å². The van der Waals surface area contributed by atoms with Crippen molar-refractivity contribution < 1.29 is 8.42 Å². The summed E-state index contributed by atoms with van der Waals surface area (Å²) in [6, 6.07) is 8.15. The van der Waals surface area contributed by atoms with Crippen molar-refractivity contribution in [3.63, 3.8) is 0 Å². The average molecular weight is 361 g/mol. The topological polar surface area (TPSA) is 72.2 Å². The summed E-state index contributed by atoms with van der Waals surface area (Å²) in [5.41, 5.74) is 6.12. The molecule has 0 bridgehead atoms. The highest BCUT2D eigenvalue weighted by Crippen LogP contribution is 2.26. The standard InChI is InChI=1S/C12H13BrN2O2S2/c1-8(11-3-2-6-18-11)15-19(16,17)12-5-4-9(14)7-10(12)13/h2-8,15H,14H2,1H3. The number of sulfonamides is 1. The fourth-order valence-corrected chi connectivity index (χ4v) is 4.75. The first-order valence-corrected chi connectivity index (χ1v) is 8.66. The first kappa shape index (κ1) is 14.5. The van der Waals surface area contributed by atoms with Gasteiger partial charge in [0.2, 0.25) is 10.0 Å². The van der Waals surface area contributed by atoms with E-state index in [0.29, 0.717) is 10.2 Å². The van der Waals surface area contributed by atoms with E-state index < -0.39 is 10.0 Å². The molecule has 0 saturated carbocycles. The Kier molecular flexibility index (Phi) is 4.29. The van der Waals surface area contributed by atoms with Crippen molar-refractivity contribution in [3.05, 3.63) is 45.1 Å². The Bertz CT molecular complexity index is 669. The third kappa shape index (κ3) is 3.36. The van der Waals surface area contributed by atoms with Crippen LogP contribution >= 0.6 is 27.3 Å². The molecule has 1 unspecified atom stereocenters. The molecule has 0 radical (unpaired) electrons. The average Bonchev–Trinajstić information content (AvgIpc) is 2.80. The fourth-order valence-electron chi connectivity index (χ4n) is 1.63. The zero-order valence-electron chi connectivity index (χ0n) is 10.1. The van der Waals surface area contributed by atoms with Crippen LogP contribution in [-0.4, -0.2) is 8.42 Å². The van der Waals surface area contributed by atoms with Gasteiger partial charge in [0.15, 0.2) is 0 Å². The van der Waals surface area contributed by atoms with Crippen LogP contribution in [0.15, 0.2) is 45.1 Å². The molecule has 0 aliphatic heterocycles. The number of nitrogens with two attached hydrogens (primary N) is 1. The minimum Gasteiger partial charge on any atom is -0.399 e. The third-order valence-electron chi connectivity index (χ3n) is 2.55. The highest BCUT2D eigenvalue weighted by Gasteiger charge is 2.21. The monoisotopic (exact) mass is 360 g/mol. The second kappa shape index (κ2) is 5.62. The van der Waals surface area contributed by atoms with Gasteiger partial charge in [-0.25, -0.2) is 13.1 Å². The molecule has 7 heteroatoms. The minimum atomic E-state index is -3.58. The zero-order valence-corrected chi connectivity index (χ0v) is 13.3. The zero-order chi connectivity index (χ0) is 14.0. The van der Waals surface area contributed by atoms with Gasteiger partial charge in [-0.15, -0.1) is 11.3 Å². The summed E-state index contributed by atoms with van der Waals surface area (Å²) in [4.78, 5) is 1.15. The molecule has 1 heterocycles. The predicted molar refractivity (Wildman–Crippen MR) is 81.6 cm³/mol. The van der Waals surface area contributed by atoms with Crippen LogP contribution in [0.5, 0.6) is 0 Å². The molecule has 1 atom stereocenters. The molecule has 0 spiro atoms. The number of halogens is 1. The molecule has 0 saturated heterocycles. The molecule has 19 heavy (non-hydrogen) atoms. The van der Waals surface area contributed by atoms with Crippen molar-refractivity contribution in [2.75, 3.05) is 5.73 Å². The van der Waals surface area contributed by atoms with Crippen molar-refractivity contribution >= 4 is 43.0 Å². The van der Waals surface area contributed by atoms with Crippen LogP contribution in [0.2, 0.25) is 0 Å². The van der Waals surface area contributed by atoms with Crippen LogP contribution in [-0.2, 0) is 10.0 Å². The van der Waals surface area contributed by atoms with Crippen molar-refractivity contribution in [2.24, 2.45) is 0 Å². The van der Waals surface area contributed by atoms with E-state index in [-0.39, 0.29) is 10.9 Å². The number of nitrogen functional groups attached to an aromatic ring is 1. The predicted octanol–water partition coefficient (Wildman–Crippen LogP) is 3.13. The van der Waals surface area contributed by atoms with E-state index in [9.17, 15) is 8.42 Å². The molecule has 3 N–H and O–H groups in total. The summed E-state index contributed by atoms with van der Waals surface area (Å²) in [6.07, 6.45) is 0. The third-order valence-corrected chi connectivity index (χ3v) is 6.12. The summed E-state index contributed by atoms with van der Waals surface area (Å²) in [5, 5.41) is 1.92. The Hall–Kier alpha value is -0.890. The number of nitrogens with one attached hydrogen (secondary N) is 1. The molecule has 1 aromatic carbocycles. The smallest absolute Gasteiger partial charge is 0.242 e. The van der Waals surface area contributed by atoms with E-state index in [1.807, 2.05) is 24.4 Å². The van der Waals surface area contributed by atoms with E-state index in [0.717, 1.165) is 4.88 Å². The van der Waals surface area contributed by atoms with E-state index in [4.69, 9.17) is 5.73 Å². The van der Waals surface area contributed by atoms with Gasteiger partial charge in [-0.1, -0.05) is 6.07 Å². The summed E-state index contributed by atoms with van der Waals surface area (Å²) in [6.45, 7) is 1.81. The maximum atomic E-state index is 12.3. The summed E-state index contributed by atoms with van der Waals surface area (Å²) >= 11 is 4.74. The van der Waals surface area contributed by atoms with Gasteiger partial charge in [0, 0.05) is 15.0 Å². The van der Waals surface area contributed by atoms with E-state index in [2.05, 4.69) is 20.7 Å². The lowest BCUT2D eigenvalue weighted by Gasteiger charge is -2.14. The number of rotatable bonds is 4. The van der Waals surface area contributed by atoms with Crippen LogP contribution in [0.25, 0.3) is 0 Å². The Morgan fingerprint density at radius 2 is 2.11 bits per heavy atom. The molecule has 0 aliphatic carbocycles. The molecular formula is C12H13BrN2O2S2. The Labute approximate surface area is 124 Å². The summed E-state index contributed by atoms with van der Waals surface area (Å²) in [5.74, 6) is 0. The lowest BCUT2D eigenvalue weighted by Crippen LogP contribution is -2.26. The maximum Gasteiger partial charge on any atom is 0.242 e. The van der Waals surface area contributed by atoms with Crippen LogP contribution < -0.4 is 10.5 Å². The van der Waals surface area contributed by atoms with Crippen molar-refractivity contribution in [1.29, 1.82) is 0 Å². The highest BCUT2D eigenvalue weighted by atomic mass is 79.9. The molecule has 4 nitrogen and oxygen atoms in total. The number of thiophene rings is 1. The number of hydrogen-bond donors (Lipinski definition) is 2. The van der Waals surface area contributed by atoms with Crippen LogP contribution in [0.1, 0.15) is 17.8 Å². The summed E-state index contributed by atoms with van der Waals surface area (Å²) in [7, 11) is -3.58. The molecule has 2 aromatic rings. The Balaban J connectivity index is 2.28. The molecule has 2 rings (SSSR count). The molecule has 102 valence electrons. The SMILES string of the molecule is CC(NS(=O)(=O)c1ccc(N)cc1Br)c1cccs1. The Morgan fingerprint density at radius 1 is 1.37 bits per heavy atom. The minimum absolute atomic E-state index is 0.185. The van der Waals surface area contributed by atoms with Gasteiger partial charge in [0.25, 0.3) is 0 Å². The molecule has 0 fully saturated rings. The van der Waals surface area contributed by atoms with Gasteiger partial charge >= 0.3 is 0 Å². The Morgan fingerprint density at radius 3 is 2.68 bits per heavy atom. The van der Waals surface area contributed by atoms with E-state index in [1.165, 1.54) is 17.4 Å². The first-order valence-electron chi connectivity index (χ1n) is 5.51. The quantitative estimate of drug-likeness (QED) is 0.822. The van der Waals surface area contributed by atoms with Gasteiger partial charge in [-0.3, -0.25) is 0 Å². The van der Waals surface area contributed by atoms with Crippen molar-refractivity contribution in [1.82, 2.24) is 4.72 Å². The molecule has 0 amide bonds. The van der Waals surface area contributed by atoms with Crippen LogP contribution in [0.3, 0.4) is 0 Å². The van der Waals surface area contributed by atoms with Gasteiger partial charge in [-0.2, -0.15) is 0 Å². The normalized spacial score (nSPS) is 13.4. The maximum absolute atomic E-state index is 12.3. The van der Waals surface area contributed by atoms with Gasteiger partial charge < -0.3 is 5.73 Å². The lowest BCUT2D eigenvalue weighted by molar-refractivity contribution is 0.568. The van der Waals surface area contributed by atoms with Crippen molar-refractivity contribution in [2.45, 2.75) is 17.9 Å². The fraction of sp³-hybridized carbons (Fsp3) is 0.167. The second-order valence-corrected chi connectivity index (χ2v) is 7.56. The van der Waals surface area contributed by atoms with Gasteiger partial charge in [0.05, 0.1) is 10.9 Å². The van der Waals surface area contributed by atoms with Gasteiger partial charge in [0.1, 0.15) is 0 Å². The number of anilines is 1. The summed E-state index contributed by atoms with van der Waals surface area (Å²) < 4.78 is 27.7. The van der Waals surface area contributed by atoms with Gasteiger partial charge in [-0.05, 0) is 52.5 Å². The van der Waals surface area contributed by atoms with E-state index >= 15 is 0 Å². The first-order chi connectivity index (χ1) is 8.90. The molecule has 1 aromatic heterocycles. The lowest BCUT2D eigenvalue weighted by atomic mass is 10.3. The largest absolute Gasteiger partial charge is 0.399 e. The van der Waals surface area contributed by atoms with Crippen LogP contribution in [0.4, 0.5) is 5.69 Å². The van der Waals surface area contributed by atoms with Crippen molar-refractivity contribution in [3.8, 4) is 0 Å². The molecule has 0 aliphatic rings. The highest BCUT2D eigenvalue weighted by molar-refractivity contribution is 9.10. The number of benzene rings is 1. The van der Waals surface area contributed by atoms with E-state index in [1.54, 1.807) is 12.1 Å².